The van der Waals surface area contributed by atoms with Crippen molar-refractivity contribution in [1.82, 2.24) is 9.71 Å². The van der Waals surface area contributed by atoms with Gasteiger partial charge in [0.15, 0.2) is 0 Å². The molecule has 5 nitrogen and oxygen atoms in total. The number of benzene rings is 1. The number of halogens is 1. The zero-order chi connectivity index (χ0) is 15.5. The summed E-state index contributed by atoms with van der Waals surface area (Å²) in [6.45, 7) is 1.48. The minimum atomic E-state index is -4.00. The van der Waals surface area contributed by atoms with E-state index in [1.807, 2.05) is 6.92 Å². The molecule has 0 saturated carbocycles. The highest BCUT2D eigenvalue weighted by molar-refractivity contribution is 7.89. The Hall–Kier alpha value is -1.83. The first-order chi connectivity index (χ1) is 9.92. The van der Waals surface area contributed by atoms with E-state index >= 15 is 0 Å². The number of aromatic nitrogens is 1. The predicted molar refractivity (Wildman–Crippen MR) is 75.3 cm³/mol. The van der Waals surface area contributed by atoms with Crippen molar-refractivity contribution in [3.8, 4) is 0 Å². The van der Waals surface area contributed by atoms with Crippen molar-refractivity contribution in [2.45, 2.75) is 25.0 Å². The van der Waals surface area contributed by atoms with Crippen molar-refractivity contribution in [3.05, 3.63) is 59.2 Å². The van der Waals surface area contributed by atoms with E-state index in [4.69, 9.17) is 5.11 Å². The molecule has 1 aromatic heterocycles. The monoisotopic (exact) mass is 310 g/mol. The number of rotatable bonds is 5. The Labute approximate surface area is 122 Å². The molecule has 2 N–H and O–H groups in total. The Kier molecular flexibility index (Phi) is 4.66. The Balaban J connectivity index is 2.20. The average molecular weight is 310 g/mol. The molecule has 0 aliphatic carbocycles. The second kappa shape index (κ2) is 6.30. The second-order valence-electron chi connectivity index (χ2n) is 4.56. The van der Waals surface area contributed by atoms with E-state index in [0.717, 1.165) is 17.8 Å². The van der Waals surface area contributed by atoms with Gasteiger partial charge in [-0.1, -0.05) is 12.1 Å². The highest BCUT2D eigenvalue weighted by Crippen LogP contribution is 2.17. The van der Waals surface area contributed by atoms with Gasteiger partial charge in [0.1, 0.15) is 10.7 Å². The molecule has 0 atom stereocenters. The molecule has 2 rings (SSSR count). The van der Waals surface area contributed by atoms with Crippen molar-refractivity contribution >= 4 is 10.0 Å². The van der Waals surface area contributed by atoms with Crippen LogP contribution in [-0.4, -0.2) is 18.5 Å². The van der Waals surface area contributed by atoms with E-state index in [-0.39, 0.29) is 13.2 Å². The summed E-state index contributed by atoms with van der Waals surface area (Å²) in [6, 6.07) is 6.97. The zero-order valence-electron chi connectivity index (χ0n) is 11.4. The molecular formula is C14H15FN2O3S. The normalized spacial score (nSPS) is 11.6. The third-order valence-electron chi connectivity index (χ3n) is 2.91. The molecule has 112 valence electrons. The largest absolute Gasteiger partial charge is 0.392 e. The SMILES string of the molecule is Cc1ccc(CNS(=O)(=O)c2cc(CO)ccc2F)cn1. The van der Waals surface area contributed by atoms with Gasteiger partial charge in [-0.25, -0.2) is 17.5 Å². The number of sulfonamides is 1. The molecule has 0 bridgehead atoms. The molecule has 0 aliphatic heterocycles. The van der Waals surface area contributed by atoms with E-state index < -0.39 is 20.7 Å². The quantitative estimate of drug-likeness (QED) is 0.877. The molecule has 0 saturated heterocycles. The van der Waals surface area contributed by atoms with Gasteiger partial charge in [0.2, 0.25) is 10.0 Å². The number of hydrogen-bond acceptors (Lipinski definition) is 4. The summed E-state index contributed by atoms with van der Waals surface area (Å²) < 4.78 is 40.2. The van der Waals surface area contributed by atoms with Crippen LogP contribution in [0.4, 0.5) is 4.39 Å². The molecule has 0 unspecified atom stereocenters. The summed E-state index contributed by atoms with van der Waals surface area (Å²) in [7, 11) is -4.00. The van der Waals surface area contributed by atoms with E-state index in [1.54, 1.807) is 18.3 Å². The number of pyridine rings is 1. The summed E-state index contributed by atoms with van der Waals surface area (Å²) in [5.41, 5.74) is 1.82. The third kappa shape index (κ3) is 3.84. The summed E-state index contributed by atoms with van der Waals surface area (Å²) >= 11 is 0. The fraction of sp³-hybridized carbons (Fsp3) is 0.214. The number of aliphatic hydroxyl groups is 1. The Bertz CT molecular complexity index is 730. The van der Waals surface area contributed by atoms with Crippen LogP contribution in [-0.2, 0) is 23.2 Å². The molecule has 2 aromatic rings. The van der Waals surface area contributed by atoms with Gasteiger partial charge < -0.3 is 5.11 Å². The number of nitrogens with zero attached hydrogens (tertiary/aromatic N) is 1. The first-order valence-electron chi connectivity index (χ1n) is 6.23. The maximum Gasteiger partial charge on any atom is 0.243 e. The van der Waals surface area contributed by atoms with Crippen molar-refractivity contribution in [2.75, 3.05) is 0 Å². The van der Waals surface area contributed by atoms with Gasteiger partial charge in [-0.05, 0) is 36.2 Å². The molecular weight excluding hydrogens is 295 g/mol. The van der Waals surface area contributed by atoms with Gasteiger partial charge in [0, 0.05) is 18.4 Å². The maximum atomic E-state index is 13.7. The van der Waals surface area contributed by atoms with Crippen LogP contribution in [0.15, 0.2) is 41.4 Å². The number of aliphatic hydroxyl groups excluding tert-OH is 1. The molecule has 0 aliphatic rings. The van der Waals surface area contributed by atoms with Crippen LogP contribution in [0.1, 0.15) is 16.8 Å². The van der Waals surface area contributed by atoms with Crippen molar-refractivity contribution in [2.24, 2.45) is 0 Å². The van der Waals surface area contributed by atoms with Crippen LogP contribution >= 0.6 is 0 Å². The average Bonchev–Trinajstić information content (AvgIpc) is 2.47. The van der Waals surface area contributed by atoms with Gasteiger partial charge >= 0.3 is 0 Å². The lowest BCUT2D eigenvalue weighted by atomic mass is 10.2. The van der Waals surface area contributed by atoms with E-state index in [9.17, 15) is 12.8 Å². The van der Waals surface area contributed by atoms with Crippen molar-refractivity contribution in [3.63, 3.8) is 0 Å². The summed E-state index contributed by atoms with van der Waals surface area (Å²) in [6.07, 6.45) is 1.55. The lowest BCUT2D eigenvalue weighted by Gasteiger charge is -2.09. The fourth-order valence-electron chi connectivity index (χ4n) is 1.71. The number of hydrogen-bond donors (Lipinski definition) is 2. The molecule has 0 spiro atoms. The predicted octanol–water partition coefficient (Wildman–Crippen LogP) is 1.50. The molecule has 0 radical (unpaired) electrons. The molecule has 7 heteroatoms. The molecule has 21 heavy (non-hydrogen) atoms. The van der Waals surface area contributed by atoms with Crippen LogP contribution < -0.4 is 4.72 Å². The van der Waals surface area contributed by atoms with E-state index in [1.165, 1.54) is 6.07 Å². The topological polar surface area (TPSA) is 79.3 Å². The first-order valence-corrected chi connectivity index (χ1v) is 7.71. The molecule has 1 heterocycles. The summed E-state index contributed by atoms with van der Waals surface area (Å²) in [5, 5.41) is 9.01. The minimum absolute atomic E-state index is 0.0123. The Morgan fingerprint density at radius 1 is 1.24 bits per heavy atom. The van der Waals surface area contributed by atoms with Gasteiger partial charge in [-0.3, -0.25) is 4.98 Å². The smallest absolute Gasteiger partial charge is 0.243 e. The lowest BCUT2D eigenvalue weighted by molar-refractivity contribution is 0.281. The van der Waals surface area contributed by atoms with Crippen molar-refractivity contribution in [1.29, 1.82) is 0 Å². The molecule has 0 amide bonds. The standard InChI is InChI=1S/C14H15FN2O3S/c1-10-2-3-12(7-16-10)8-17-21(19,20)14-6-11(9-18)4-5-13(14)15/h2-7,17-18H,8-9H2,1H3. The highest BCUT2D eigenvalue weighted by Gasteiger charge is 2.19. The summed E-state index contributed by atoms with van der Waals surface area (Å²) in [5.74, 6) is -0.860. The number of aryl methyl sites for hydroxylation is 1. The third-order valence-corrected chi connectivity index (χ3v) is 4.32. The Morgan fingerprint density at radius 2 is 1.95 bits per heavy atom. The van der Waals surface area contributed by atoms with Crippen LogP contribution in [0.2, 0.25) is 0 Å². The first kappa shape index (κ1) is 15.6. The molecule has 1 aromatic carbocycles. The minimum Gasteiger partial charge on any atom is -0.392 e. The van der Waals surface area contributed by atoms with Crippen molar-refractivity contribution < 1.29 is 17.9 Å². The molecule has 0 fully saturated rings. The second-order valence-corrected chi connectivity index (χ2v) is 6.29. The van der Waals surface area contributed by atoms with Crippen LogP contribution in [0.5, 0.6) is 0 Å². The van der Waals surface area contributed by atoms with Gasteiger partial charge in [0.25, 0.3) is 0 Å². The van der Waals surface area contributed by atoms with Gasteiger partial charge in [0.05, 0.1) is 6.61 Å². The highest BCUT2D eigenvalue weighted by atomic mass is 32.2. The fourth-order valence-corrected chi connectivity index (χ4v) is 2.85. The Morgan fingerprint density at radius 3 is 2.57 bits per heavy atom. The van der Waals surface area contributed by atoms with E-state index in [2.05, 4.69) is 9.71 Å². The van der Waals surface area contributed by atoms with Crippen LogP contribution in [0.25, 0.3) is 0 Å². The van der Waals surface area contributed by atoms with E-state index in [0.29, 0.717) is 11.1 Å². The summed E-state index contributed by atoms with van der Waals surface area (Å²) in [4.78, 5) is 3.58. The van der Waals surface area contributed by atoms with Crippen LogP contribution in [0.3, 0.4) is 0 Å². The maximum absolute atomic E-state index is 13.7. The van der Waals surface area contributed by atoms with Gasteiger partial charge in [-0.2, -0.15) is 0 Å². The zero-order valence-corrected chi connectivity index (χ0v) is 12.2. The lowest BCUT2D eigenvalue weighted by Crippen LogP contribution is -2.24. The van der Waals surface area contributed by atoms with Crippen LogP contribution in [0, 0.1) is 12.7 Å². The van der Waals surface area contributed by atoms with Gasteiger partial charge in [-0.15, -0.1) is 0 Å². The number of nitrogens with one attached hydrogen (secondary N) is 1.